The molecule has 5 aliphatic rings. The molecule has 8 heteroatoms. The summed E-state index contributed by atoms with van der Waals surface area (Å²) in [7, 11) is 0. The summed E-state index contributed by atoms with van der Waals surface area (Å²) in [5, 5.41) is 0. The average Bonchev–Trinajstić information content (AvgIpc) is 1.51. The van der Waals surface area contributed by atoms with Gasteiger partial charge < -0.3 is 19.1 Å². The van der Waals surface area contributed by atoms with Crippen LogP contribution in [0.1, 0.15) is 328 Å². The highest BCUT2D eigenvalue weighted by Gasteiger charge is 2.41. The van der Waals surface area contributed by atoms with E-state index in [0.717, 1.165) is 173 Å². The molecule has 0 radical (unpaired) electrons. The van der Waals surface area contributed by atoms with Crippen LogP contribution in [0.2, 0.25) is 0 Å². The van der Waals surface area contributed by atoms with Crippen LogP contribution >= 0.6 is 0 Å². The van der Waals surface area contributed by atoms with Gasteiger partial charge in [-0.3, -0.25) is 19.2 Å². The summed E-state index contributed by atoms with van der Waals surface area (Å²) in [6, 6.07) is 18.3. The van der Waals surface area contributed by atoms with Gasteiger partial charge in [0.2, 0.25) is 0 Å². The van der Waals surface area contributed by atoms with Crippen LogP contribution in [0.25, 0.3) is 22.3 Å². The monoisotopic (exact) mass is 1410 g/mol. The van der Waals surface area contributed by atoms with Gasteiger partial charge in [0.1, 0.15) is 0 Å². The van der Waals surface area contributed by atoms with Gasteiger partial charge in [-0.15, -0.1) is 0 Å². The zero-order chi connectivity index (χ0) is 76.8. The average molecular weight is 1410 g/mol. The fourth-order valence-corrected chi connectivity index (χ4v) is 15.8. The third-order valence-corrected chi connectivity index (χ3v) is 21.9. The second-order valence-electron chi connectivity index (χ2n) is 39.1. The van der Waals surface area contributed by atoms with Gasteiger partial charge in [0.05, 0.1) is 22.8 Å². The molecule has 0 saturated carbocycles. The van der Waals surface area contributed by atoms with Crippen molar-refractivity contribution in [2.45, 2.75) is 296 Å². The Balaban J connectivity index is 1.56. The third-order valence-electron chi connectivity index (χ3n) is 21.9. The van der Waals surface area contributed by atoms with Gasteiger partial charge in [0.25, 0.3) is 0 Å². The molecular formula is C96H132N4O4. The molecule has 0 amide bonds. The summed E-state index contributed by atoms with van der Waals surface area (Å²) in [4.78, 5) is 69.5. The van der Waals surface area contributed by atoms with Crippen molar-refractivity contribution >= 4 is 45.4 Å². The maximum atomic E-state index is 15.2. The maximum absolute atomic E-state index is 15.2. The molecule has 560 valence electrons. The Kier molecular flexibility index (Phi) is 24.0. The Labute approximate surface area is 628 Å². The van der Waals surface area contributed by atoms with Crippen molar-refractivity contribution in [2.75, 3.05) is 0 Å². The number of hydrogen-bond donors (Lipinski definition) is 2. The molecule has 4 aliphatic carbocycles. The lowest BCUT2D eigenvalue weighted by Crippen LogP contribution is -2.28. The molecule has 0 fully saturated rings. The molecule has 5 heterocycles. The van der Waals surface area contributed by atoms with Crippen molar-refractivity contribution in [2.24, 2.45) is 43.3 Å². The Morgan fingerprint density at radius 3 is 0.567 bits per heavy atom. The van der Waals surface area contributed by atoms with Crippen molar-refractivity contribution < 1.29 is 19.2 Å². The summed E-state index contributed by atoms with van der Waals surface area (Å²) in [5.74, 6) is 0.308. The SMILES string of the molecule is CCCCCCCCCCn1c2ccc1C(=C1C=C(C(C)(C)C)C(=O)C(C(C)(C)C)=C1)c1ccc([nH]1)C(=C1C=C(C(C)(C)C)C(=O)C(C(C)(C)C)=C1)c1ccc(n1CCCCCCCCCC)C(=C1C=C(C(C)(C)C)C(=O)C(C(C)(C)C)=C1)c1ccc([nH]1)C2=C1C=C(C(C)(C)C)C(=O)C(C(C)(C)C)=C1. The molecule has 104 heavy (non-hydrogen) atoms. The molecule has 2 N–H and O–H groups in total. The number of allylic oxidation sites excluding steroid dienone is 20. The van der Waals surface area contributed by atoms with Crippen LogP contribution < -0.4 is 0 Å². The number of aromatic nitrogens is 4. The molecule has 0 aromatic carbocycles. The number of nitrogens with one attached hydrogen (secondary N) is 2. The van der Waals surface area contributed by atoms with E-state index in [9.17, 15) is 0 Å². The second kappa shape index (κ2) is 30.9. The highest BCUT2D eigenvalue weighted by molar-refractivity contribution is 6.16. The fraction of sp³-hybridized carbons (Fsp3) is 0.542. The smallest absolute Gasteiger partial charge is 0.186 e. The van der Waals surface area contributed by atoms with Crippen LogP contribution in [-0.4, -0.2) is 42.2 Å². The number of rotatable bonds is 18. The summed E-state index contributed by atoms with van der Waals surface area (Å²) in [6.07, 6.45) is 36.0. The third kappa shape index (κ3) is 17.7. The molecular weight excluding hydrogens is 1270 g/mol. The molecule has 4 aromatic rings. The molecule has 8 bridgehead atoms. The van der Waals surface area contributed by atoms with Gasteiger partial charge in [0, 0.05) is 103 Å². The predicted octanol–water partition coefficient (Wildman–Crippen LogP) is 25.9. The lowest BCUT2D eigenvalue weighted by molar-refractivity contribution is -0.114. The number of fused-ring (bicyclic) bond motifs is 8. The van der Waals surface area contributed by atoms with E-state index >= 15 is 19.2 Å². The van der Waals surface area contributed by atoms with Crippen LogP contribution in [0, 0.1) is 43.3 Å². The number of nitrogens with zero attached hydrogens (tertiary/aromatic N) is 2. The van der Waals surface area contributed by atoms with E-state index in [1.165, 1.54) is 64.2 Å². The Morgan fingerprint density at radius 1 is 0.240 bits per heavy atom. The van der Waals surface area contributed by atoms with Gasteiger partial charge in [-0.2, -0.15) is 0 Å². The zero-order valence-electron chi connectivity index (χ0n) is 69.5. The second-order valence-corrected chi connectivity index (χ2v) is 39.1. The summed E-state index contributed by atoms with van der Waals surface area (Å²) in [6.45, 7) is 57.8. The molecule has 0 saturated heterocycles. The van der Waals surface area contributed by atoms with Crippen molar-refractivity contribution in [3.05, 3.63) is 210 Å². The minimum absolute atomic E-state index is 0.0771. The maximum Gasteiger partial charge on any atom is 0.186 e. The van der Waals surface area contributed by atoms with Gasteiger partial charge >= 0.3 is 0 Å². The van der Waals surface area contributed by atoms with Crippen molar-refractivity contribution in [1.82, 2.24) is 19.1 Å². The number of unbranched alkanes of at least 4 members (excludes halogenated alkanes) is 14. The summed E-state index contributed by atoms with van der Waals surface area (Å²) in [5.41, 5.74) is 17.5. The summed E-state index contributed by atoms with van der Waals surface area (Å²) >= 11 is 0. The first-order valence-electron chi connectivity index (χ1n) is 40.0. The number of ketones is 4. The summed E-state index contributed by atoms with van der Waals surface area (Å²) < 4.78 is 5.13. The van der Waals surface area contributed by atoms with Crippen molar-refractivity contribution in [1.29, 1.82) is 0 Å². The van der Waals surface area contributed by atoms with E-state index in [0.29, 0.717) is 13.1 Å². The van der Waals surface area contributed by atoms with Crippen LogP contribution in [-0.2, 0) is 32.3 Å². The number of aromatic amines is 2. The quantitative estimate of drug-likeness (QED) is 0.0852. The lowest BCUT2D eigenvalue weighted by atomic mass is 9.71. The van der Waals surface area contributed by atoms with Gasteiger partial charge in [-0.25, -0.2) is 0 Å². The first kappa shape index (κ1) is 80.8. The van der Waals surface area contributed by atoms with E-state index in [1.807, 2.05) is 0 Å². The number of carbonyl (C=O) groups excluding carboxylic acids is 4. The van der Waals surface area contributed by atoms with Gasteiger partial charge in [-0.05, 0) is 176 Å². The highest BCUT2D eigenvalue weighted by Crippen LogP contribution is 2.50. The van der Waals surface area contributed by atoms with Crippen molar-refractivity contribution in [3.8, 4) is 0 Å². The van der Waals surface area contributed by atoms with E-state index in [1.54, 1.807) is 0 Å². The predicted molar refractivity (Wildman–Crippen MR) is 440 cm³/mol. The van der Waals surface area contributed by atoms with E-state index in [-0.39, 0.29) is 23.1 Å². The molecule has 8 nitrogen and oxygen atoms in total. The molecule has 4 aromatic heterocycles. The van der Waals surface area contributed by atoms with Crippen LogP contribution in [0.3, 0.4) is 0 Å². The van der Waals surface area contributed by atoms with E-state index in [2.05, 4.69) is 296 Å². The van der Waals surface area contributed by atoms with Crippen LogP contribution in [0.4, 0.5) is 0 Å². The molecule has 9 rings (SSSR count). The largest absolute Gasteiger partial charge is 0.354 e. The first-order valence-corrected chi connectivity index (χ1v) is 40.0. The Morgan fingerprint density at radius 2 is 0.404 bits per heavy atom. The molecule has 0 spiro atoms. The van der Waals surface area contributed by atoms with Crippen molar-refractivity contribution in [3.63, 3.8) is 0 Å². The van der Waals surface area contributed by atoms with Crippen LogP contribution in [0.5, 0.6) is 0 Å². The zero-order valence-corrected chi connectivity index (χ0v) is 69.5. The highest BCUT2D eigenvalue weighted by atomic mass is 16.1. The Hall–Kier alpha value is -7.32. The number of carbonyl (C=O) groups is 4. The van der Waals surface area contributed by atoms with E-state index in [4.69, 9.17) is 0 Å². The number of H-pyrrole nitrogens is 2. The fourth-order valence-electron chi connectivity index (χ4n) is 15.8. The minimum Gasteiger partial charge on any atom is -0.354 e. The van der Waals surface area contributed by atoms with Gasteiger partial charge in [0.15, 0.2) is 23.1 Å². The Bertz CT molecular complexity index is 3700. The van der Waals surface area contributed by atoms with Gasteiger partial charge in [-0.1, -0.05) is 270 Å². The lowest BCUT2D eigenvalue weighted by Gasteiger charge is -2.32. The molecule has 0 atom stereocenters. The minimum atomic E-state index is -0.495. The standard InChI is InChI=1S/C96H132N4O4/c1-27-29-31-33-35-37-39-41-51-99-77-47-48-78(99)82(62-55-67(91(9,10)11)86(102)68(56-62)92(12,13)14)74-44-46-76(98-74)84(64-59-71(95(21,22)23)88(104)72(60-64)96(24,25)26)80-50-49-79(100(80)52-42-40-38-36-34-32-30-28-2)83(63-57-69(93(15,16)17)87(103)70(58-63)94(18,19)20)75-45-43-73(97-75)81(77)61-53-65(89(3,4)5)85(101)66(54-61)90(6,7)8/h43-50,53-60,97-98H,27-42,51-52H2,1-26H3. The van der Waals surface area contributed by atoms with Crippen LogP contribution in [0.15, 0.2) is 164 Å². The molecule has 1 aliphatic heterocycles. The number of hydrogen-bond acceptors (Lipinski definition) is 4. The molecule has 0 unspecified atom stereocenters. The normalized spacial score (nSPS) is 17.2. The topological polar surface area (TPSA) is 110 Å². The van der Waals surface area contributed by atoms with E-state index < -0.39 is 43.3 Å². The number of Topliss-reactive ketones (excluding diaryl/α,β-unsaturated/α-hetero) is 4. The first-order chi connectivity index (χ1) is 48.3.